The van der Waals surface area contributed by atoms with Crippen LogP contribution in [0.1, 0.15) is 36.5 Å². The van der Waals surface area contributed by atoms with Gasteiger partial charge in [0.2, 0.25) is 0 Å². The van der Waals surface area contributed by atoms with E-state index in [-0.39, 0.29) is 24.0 Å². The number of guanidine groups is 1. The van der Waals surface area contributed by atoms with Gasteiger partial charge in [-0.25, -0.2) is 9.98 Å². The highest BCUT2D eigenvalue weighted by Gasteiger charge is 2.12. The number of pyridine rings is 1. The van der Waals surface area contributed by atoms with Gasteiger partial charge < -0.3 is 20.3 Å². The molecule has 3 rings (SSSR count). The molecule has 1 aromatic heterocycles. The lowest BCUT2D eigenvalue weighted by molar-refractivity contribution is 0.411. The van der Waals surface area contributed by atoms with Crippen molar-refractivity contribution in [2.24, 2.45) is 4.99 Å². The second-order valence-corrected chi connectivity index (χ2v) is 7.39. The second kappa shape index (κ2) is 12.6. The predicted molar refractivity (Wildman–Crippen MR) is 135 cm³/mol. The Bertz CT molecular complexity index is 804. The van der Waals surface area contributed by atoms with E-state index < -0.39 is 0 Å². The average Bonchev–Trinajstić information content (AvgIpc) is 3.28. The third-order valence-corrected chi connectivity index (χ3v) is 5.18. The van der Waals surface area contributed by atoms with E-state index in [0.717, 1.165) is 61.3 Å². The van der Waals surface area contributed by atoms with Crippen LogP contribution in [0.3, 0.4) is 0 Å². The molecule has 0 aliphatic carbocycles. The number of halogens is 1. The van der Waals surface area contributed by atoms with E-state index in [1.807, 2.05) is 6.20 Å². The van der Waals surface area contributed by atoms with Crippen LogP contribution in [0.5, 0.6) is 5.75 Å². The average molecular weight is 523 g/mol. The summed E-state index contributed by atoms with van der Waals surface area (Å²) in [5.74, 6) is 2.84. The highest BCUT2D eigenvalue weighted by Crippen LogP contribution is 2.19. The summed E-state index contributed by atoms with van der Waals surface area (Å²) in [5.41, 5.74) is 3.52. The predicted octanol–water partition coefficient (Wildman–Crippen LogP) is 3.91. The van der Waals surface area contributed by atoms with Crippen molar-refractivity contribution in [1.82, 2.24) is 15.6 Å². The van der Waals surface area contributed by atoms with Gasteiger partial charge in [0.25, 0.3) is 0 Å². The van der Waals surface area contributed by atoms with Crippen molar-refractivity contribution in [2.45, 2.75) is 39.7 Å². The molecule has 2 N–H and O–H groups in total. The van der Waals surface area contributed by atoms with Gasteiger partial charge in [-0.05, 0) is 61.9 Å². The fraction of sp³-hybridized carbons (Fsp3) is 0.478. The molecular formula is C23H34IN5O. The number of hydrogen-bond acceptors (Lipinski definition) is 4. The smallest absolute Gasteiger partial charge is 0.191 e. The van der Waals surface area contributed by atoms with Gasteiger partial charge in [0.05, 0.1) is 13.7 Å². The molecule has 0 bridgehead atoms. The maximum Gasteiger partial charge on any atom is 0.191 e. The lowest BCUT2D eigenvalue weighted by Gasteiger charge is -2.16. The molecule has 0 radical (unpaired) electrons. The molecule has 2 heterocycles. The maximum atomic E-state index is 5.41. The van der Waals surface area contributed by atoms with Crippen molar-refractivity contribution < 1.29 is 4.74 Å². The molecule has 2 aromatic rings. The molecule has 1 saturated heterocycles. The molecule has 1 aliphatic rings. The Balaban J connectivity index is 0.00000320. The summed E-state index contributed by atoms with van der Waals surface area (Å²) in [6.45, 7) is 8.62. The minimum Gasteiger partial charge on any atom is -0.496 e. The zero-order chi connectivity index (χ0) is 20.5. The first-order valence-electron chi connectivity index (χ1n) is 10.5. The van der Waals surface area contributed by atoms with Crippen molar-refractivity contribution >= 4 is 35.8 Å². The Morgan fingerprint density at radius 2 is 1.90 bits per heavy atom. The summed E-state index contributed by atoms with van der Waals surface area (Å²) < 4.78 is 5.41. The number of rotatable bonds is 8. The molecule has 30 heavy (non-hydrogen) atoms. The molecule has 6 nitrogen and oxygen atoms in total. The van der Waals surface area contributed by atoms with Gasteiger partial charge in [0.15, 0.2) is 5.96 Å². The van der Waals surface area contributed by atoms with E-state index in [0.29, 0.717) is 6.54 Å². The van der Waals surface area contributed by atoms with Crippen LogP contribution in [0.15, 0.2) is 41.5 Å². The van der Waals surface area contributed by atoms with E-state index in [4.69, 9.17) is 9.73 Å². The van der Waals surface area contributed by atoms with Crippen molar-refractivity contribution in [3.05, 3.63) is 53.2 Å². The Kier molecular flexibility index (Phi) is 10.2. The number of benzene rings is 1. The van der Waals surface area contributed by atoms with Gasteiger partial charge in [0, 0.05) is 32.4 Å². The van der Waals surface area contributed by atoms with Gasteiger partial charge in [-0.1, -0.05) is 18.2 Å². The third kappa shape index (κ3) is 7.04. The minimum absolute atomic E-state index is 0. The molecular weight excluding hydrogens is 489 g/mol. The maximum absolute atomic E-state index is 5.41. The molecule has 164 valence electrons. The van der Waals surface area contributed by atoms with Crippen molar-refractivity contribution in [3.63, 3.8) is 0 Å². The number of nitrogens with zero attached hydrogens (tertiary/aromatic N) is 3. The summed E-state index contributed by atoms with van der Waals surface area (Å²) in [6.07, 6.45) is 5.38. The lowest BCUT2D eigenvalue weighted by atomic mass is 10.1. The van der Waals surface area contributed by atoms with Crippen LogP contribution < -0.4 is 20.3 Å². The van der Waals surface area contributed by atoms with Crippen LogP contribution in [-0.4, -0.2) is 44.2 Å². The van der Waals surface area contributed by atoms with Crippen LogP contribution in [0.2, 0.25) is 0 Å². The normalized spacial score (nSPS) is 13.7. The Morgan fingerprint density at radius 3 is 2.57 bits per heavy atom. The SMILES string of the molecule is CCNC(=NCc1ccc(N2CCCC2)nc1)NCCc1ccc(C)c(OC)c1.I. The molecule has 1 aromatic carbocycles. The fourth-order valence-corrected chi connectivity index (χ4v) is 3.50. The molecule has 0 saturated carbocycles. The van der Waals surface area contributed by atoms with Crippen LogP contribution in [-0.2, 0) is 13.0 Å². The van der Waals surface area contributed by atoms with Crippen molar-refractivity contribution in [3.8, 4) is 5.75 Å². The number of nitrogens with one attached hydrogen (secondary N) is 2. The van der Waals surface area contributed by atoms with Crippen LogP contribution in [0.25, 0.3) is 0 Å². The largest absolute Gasteiger partial charge is 0.496 e. The summed E-state index contributed by atoms with van der Waals surface area (Å²) >= 11 is 0. The molecule has 7 heteroatoms. The quantitative estimate of drug-likeness (QED) is 0.312. The second-order valence-electron chi connectivity index (χ2n) is 7.39. The molecule has 1 aliphatic heterocycles. The zero-order valence-electron chi connectivity index (χ0n) is 18.3. The number of methoxy groups -OCH3 is 1. The Morgan fingerprint density at radius 1 is 1.13 bits per heavy atom. The number of aromatic nitrogens is 1. The summed E-state index contributed by atoms with van der Waals surface area (Å²) in [7, 11) is 1.72. The Hall–Kier alpha value is -2.03. The van der Waals surface area contributed by atoms with Gasteiger partial charge in [-0.2, -0.15) is 0 Å². The minimum atomic E-state index is 0. The Labute approximate surface area is 197 Å². The molecule has 0 amide bonds. The van der Waals surface area contributed by atoms with Crippen molar-refractivity contribution in [1.29, 1.82) is 0 Å². The van der Waals surface area contributed by atoms with Crippen molar-refractivity contribution in [2.75, 3.05) is 38.2 Å². The highest BCUT2D eigenvalue weighted by atomic mass is 127. The highest BCUT2D eigenvalue weighted by molar-refractivity contribution is 14.0. The molecule has 0 atom stereocenters. The van der Waals surface area contributed by atoms with E-state index >= 15 is 0 Å². The summed E-state index contributed by atoms with van der Waals surface area (Å²) in [5, 5.41) is 6.73. The summed E-state index contributed by atoms with van der Waals surface area (Å²) in [4.78, 5) is 11.7. The van der Waals surface area contributed by atoms with Crippen LogP contribution in [0.4, 0.5) is 5.82 Å². The molecule has 0 spiro atoms. The first kappa shape index (κ1) is 24.2. The van der Waals surface area contributed by atoms with E-state index in [9.17, 15) is 0 Å². The van der Waals surface area contributed by atoms with E-state index in [1.165, 1.54) is 18.4 Å². The zero-order valence-corrected chi connectivity index (χ0v) is 20.6. The molecule has 1 fully saturated rings. The topological polar surface area (TPSA) is 61.8 Å². The first-order valence-corrected chi connectivity index (χ1v) is 10.5. The van der Waals surface area contributed by atoms with Gasteiger partial charge in [0.1, 0.15) is 11.6 Å². The fourth-order valence-electron chi connectivity index (χ4n) is 3.50. The van der Waals surface area contributed by atoms with Crippen LogP contribution in [0, 0.1) is 6.92 Å². The number of anilines is 1. The summed E-state index contributed by atoms with van der Waals surface area (Å²) in [6, 6.07) is 10.6. The van der Waals surface area contributed by atoms with Crippen LogP contribution >= 0.6 is 24.0 Å². The monoisotopic (exact) mass is 523 g/mol. The number of aryl methyl sites for hydroxylation is 1. The number of aliphatic imine (C=N–C) groups is 1. The number of ether oxygens (including phenoxy) is 1. The standard InChI is InChI=1S/C23H33N5O.HI/c1-4-24-23(25-12-11-19-8-7-18(2)21(15-19)29-3)27-17-20-9-10-22(26-16-20)28-13-5-6-14-28;/h7-10,15-16H,4-6,11-14,17H2,1-3H3,(H2,24,25,27);1H. The third-order valence-electron chi connectivity index (χ3n) is 5.18. The molecule has 0 unspecified atom stereocenters. The first-order chi connectivity index (χ1) is 14.2. The van der Waals surface area contributed by atoms with E-state index in [2.05, 4.69) is 64.7 Å². The van der Waals surface area contributed by atoms with Gasteiger partial charge >= 0.3 is 0 Å². The van der Waals surface area contributed by atoms with Gasteiger partial charge in [-0.3, -0.25) is 0 Å². The lowest BCUT2D eigenvalue weighted by Crippen LogP contribution is -2.38. The van der Waals surface area contributed by atoms with E-state index in [1.54, 1.807) is 7.11 Å². The number of hydrogen-bond donors (Lipinski definition) is 2. The van der Waals surface area contributed by atoms with Gasteiger partial charge in [-0.15, -0.1) is 24.0 Å².